The molecular weight excluding hydrogens is 228 g/mol. The molecule has 1 atom stereocenters. The number of rotatable bonds is 3. The highest BCUT2D eigenvalue weighted by molar-refractivity contribution is 5.87. The number of hydrogen-bond acceptors (Lipinski definition) is 3. The summed E-state index contributed by atoms with van der Waals surface area (Å²) >= 11 is 0. The average molecular weight is 248 g/mol. The number of aromatic nitrogens is 1. The Labute approximate surface area is 108 Å². The molecule has 4 nitrogen and oxygen atoms in total. The first-order valence-electron chi connectivity index (χ1n) is 6.62. The van der Waals surface area contributed by atoms with E-state index in [2.05, 4.69) is 16.8 Å². The Morgan fingerprint density at radius 2 is 2.33 bits per heavy atom. The van der Waals surface area contributed by atoms with Crippen molar-refractivity contribution in [3.63, 3.8) is 0 Å². The molecule has 2 rings (SSSR count). The molecule has 18 heavy (non-hydrogen) atoms. The lowest BCUT2D eigenvalue weighted by Gasteiger charge is -2.35. The number of nitrogens with zero attached hydrogens (tertiary/aromatic N) is 2. The lowest BCUT2D eigenvalue weighted by atomic mass is 10.0. The Hall–Kier alpha value is -1.58. The fourth-order valence-electron chi connectivity index (χ4n) is 2.55. The highest BCUT2D eigenvalue weighted by Gasteiger charge is 2.22. The minimum atomic E-state index is -0.907. The van der Waals surface area contributed by atoms with Gasteiger partial charge in [0.2, 0.25) is 0 Å². The highest BCUT2D eigenvalue weighted by atomic mass is 16.4. The molecule has 1 aromatic rings. The maximum Gasteiger partial charge on any atom is 0.337 e. The summed E-state index contributed by atoms with van der Waals surface area (Å²) in [6.07, 6.45) is 5.93. The van der Waals surface area contributed by atoms with Crippen molar-refractivity contribution in [2.45, 2.75) is 45.6 Å². The molecule has 0 amide bonds. The van der Waals surface area contributed by atoms with Crippen molar-refractivity contribution in [2.75, 3.05) is 11.4 Å². The van der Waals surface area contributed by atoms with Crippen LogP contribution in [0.1, 0.15) is 49.0 Å². The van der Waals surface area contributed by atoms with Crippen LogP contribution in [0.3, 0.4) is 0 Å². The number of aryl methyl sites for hydroxylation is 1. The number of carboxylic acids is 1. The van der Waals surface area contributed by atoms with Crippen LogP contribution in [-0.2, 0) is 6.42 Å². The summed E-state index contributed by atoms with van der Waals surface area (Å²) < 4.78 is 0. The molecule has 0 bridgehead atoms. The maximum absolute atomic E-state index is 11.0. The molecule has 0 aliphatic carbocycles. The minimum absolute atomic E-state index is 0.278. The number of carboxylic acid groups (broad SMARTS) is 1. The molecule has 2 heterocycles. The van der Waals surface area contributed by atoms with Crippen LogP contribution >= 0.6 is 0 Å². The van der Waals surface area contributed by atoms with Crippen molar-refractivity contribution >= 4 is 11.8 Å². The Bertz CT molecular complexity index is 445. The molecular formula is C14H20N2O2. The van der Waals surface area contributed by atoms with Crippen molar-refractivity contribution in [3.05, 3.63) is 23.4 Å². The highest BCUT2D eigenvalue weighted by Crippen LogP contribution is 2.26. The number of pyridine rings is 1. The third-order valence-electron chi connectivity index (χ3n) is 3.65. The largest absolute Gasteiger partial charge is 0.478 e. The first-order valence-corrected chi connectivity index (χ1v) is 6.62. The van der Waals surface area contributed by atoms with Crippen LogP contribution in [0.15, 0.2) is 12.3 Å². The Morgan fingerprint density at radius 1 is 1.56 bits per heavy atom. The van der Waals surface area contributed by atoms with Crippen LogP contribution in [0.2, 0.25) is 0 Å². The second-order valence-electron chi connectivity index (χ2n) is 4.90. The molecule has 1 N–H and O–H groups in total. The summed E-state index contributed by atoms with van der Waals surface area (Å²) in [4.78, 5) is 17.7. The lowest BCUT2D eigenvalue weighted by Crippen LogP contribution is -2.38. The van der Waals surface area contributed by atoms with Crippen molar-refractivity contribution in [2.24, 2.45) is 0 Å². The summed E-state index contributed by atoms with van der Waals surface area (Å²) in [7, 11) is 0. The standard InChI is InChI=1S/C14H20N2O2/c1-3-11-8-12(14(17)18)9-15-13(11)16-7-5-4-6-10(16)2/h8-10H,3-7H2,1-2H3,(H,17,18). The molecule has 0 radical (unpaired) electrons. The molecule has 0 aromatic carbocycles. The van der Waals surface area contributed by atoms with E-state index in [1.165, 1.54) is 25.5 Å². The molecule has 1 fully saturated rings. The summed E-state index contributed by atoms with van der Waals surface area (Å²) in [5, 5.41) is 9.00. The van der Waals surface area contributed by atoms with Gasteiger partial charge in [-0.1, -0.05) is 6.92 Å². The van der Waals surface area contributed by atoms with Crippen LogP contribution in [0.4, 0.5) is 5.82 Å². The number of hydrogen-bond donors (Lipinski definition) is 1. The zero-order chi connectivity index (χ0) is 13.1. The van der Waals surface area contributed by atoms with E-state index in [-0.39, 0.29) is 5.56 Å². The van der Waals surface area contributed by atoms with Gasteiger partial charge in [0.05, 0.1) is 5.56 Å². The van der Waals surface area contributed by atoms with E-state index in [0.29, 0.717) is 6.04 Å². The van der Waals surface area contributed by atoms with Gasteiger partial charge in [-0.25, -0.2) is 9.78 Å². The quantitative estimate of drug-likeness (QED) is 0.893. The molecule has 1 unspecified atom stereocenters. The van der Waals surface area contributed by atoms with Crippen LogP contribution in [-0.4, -0.2) is 28.6 Å². The van der Waals surface area contributed by atoms with E-state index in [1.54, 1.807) is 6.07 Å². The van der Waals surface area contributed by atoms with Gasteiger partial charge < -0.3 is 10.0 Å². The number of piperidine rings is 1. The SMILES string of the molecule is CCc1cc(C(=O)O)cnc1N1CCCCC1C. The monoisotopic (exact) mass is 248 g/mol. The van der Waals surface area contributed by atoms with E-state index in [4.69, 9.17) is 5.11 Å². The number of carbonyl (C=O) groups is 1. The predicted molar refractivity (Wildman–Crippen MR) is 71.2 cm³/mol. The molecule has 1 aliphatic heterocycles. The Morgan fingerprint density at radius 3 is 2.94 bits per heavy atom. The van der Waals surface area contributed by atoms with Gasteiger partial charge >= 0.3 is 5.97 Å². The first kappa shape index (κ1) is 12.9. The van der Waals surface area contributed by atoms with E-state index in [0.717, 1.165) is 24.3 Å². The third-order valence-corrected chi connectivity index (χ3v) is 3.65. The van der Waals surface area contributed by atoms with Crippen molar-refractivity contribution in [3.8, 4) is 0 Å². The molecule has 0 spiro atoms. The zero-order valence-electron chi connectivity index (χ0n) is 11.0. The van der Waals surface area contributed by atoms with Gasteiger partial charge in [-0.3, -0.25) is 0 Å². The second kappa shape index (κ2) is 5.38. The van der Waals surface area contributed by atoms with Crippen LogP contribution in [0.5, 0.6) is 0 Å². The van der Waals surface area contributed by atoms with Gasteiger partial charge in [0.15, 0.2) is 0 Å². The molecule has 98 valence electrons. The van der Waals surface area contributed by atoms with Gasteiger partial charge in [-0.2, -0.15) is 0 Å². The molecule has 0 saturated carbocycles. The fraction of sp³-hybridized carbons (Fsp3) is 0.571. The summed E-state index contributed by atoms with van der Waals surface area (Å²) in [5.74, 6) is 0.0603. The van der Waals surface area contributed by atoms with Crippen molar-refractivity contribution in [1.29, 1.82) is 0 Å². The number of aromatic carboxylic acids is 1. The molecule has 1 aromatic heterocycles. The van der Waals surface area contributed by atoms with Crippen molar-refractivity contribution < 1.29 is 9.90 Å². The molecule has 1 aliphatic rings. The van der Waals surface area contributed by atoms with E-state index in [9.17, 15) is 4.79 Å². The predicted octanol–water partition coefficient (Wildman–Crippen LogP) is 2.72. The normalized spacial score (nSPS) is 19.9. The van der Waals surface area contributed by atoms with Crippen LogP contribution < -0.4 is 4.90 Å². The summed E-state index contributed by atoms with van der Waals surface area (Å²) in [6, 6.07) is 2.25. The maximum atomic E-state index is 11.0. The van der Waals surface area contributed by atoms with E-state index < -0.39 is 5.97 Å². The summed E-state index contributed by atoms with van der Waals surface area (Å²) in [6.45, 7) is 5.28. The number of anilines is 1. The van der Waals surface area contributed by atoms with Gasteiger partial charge in [0.25, 0.3) is 0 Å². The van der Waals surface area contributed by atoms with Gasteiger partial charge in [-0.15, -0.1) is 0 Å². The second-order valence-corrected chi connectivity index (χ2v) is 4.90. The van der Waals surface area contributed by atoms with E-state index in [1.807, 2.05) is 6.92 Å². The first-order chi connectivity index (χ1) is 8.63. The third kappa shape index (κ3) is 2.47. The zero-order valence-corrected chi connectivity index (χ0v) is 11.0. The lowest BCUT2D eigenvalue weighted by molar-refractivity contribution is 0.0696. The minimum Gasteiger partial charge on any atom is -0.478 e. The average Bonchev–Trinajstić information content (AvgIpc) is 2.38. The fourth-order valence-corrected chi connectivity index (χ4v) is 2.55. The van der Waals surface area contributed by atoms with E-state index >= 15 is 0 Å². The van der Waals surface area contributed by atoms with Gasteiger partial charge in [-0.05, 0) is 44.2 Å². The smallest absolute Gasteiger partial charge is 0.337 e. The summed E-state index contributed by atoms with van der Waals surface area (Å²) in [5.41, 5.74) is 1.31. The van der Waals surface area contributed by atoms with Gasteiger partial charge in [0, 0.05) is 18.8 Å². The Balaban J connectivity index is 2.34. The molecule has 1 saturated heterocycles. The molecule has 4 heteroatoms. The van der Waals surface area contributed by atoms with Gasteiger partial charge in [0.1, 0.15) is 5.82 Å². The van der Waals surface area contributed by atoms with Crippen LogP contribution in [0, 0.1) is 0 Å². The van der Waals surface area contributed by atoms with Crippen LogP contribution in [0.25, 0.3) is 0 Å². The Kier molecular flexibility index (Phi) is 3.84. The topological polar surface area (TPSA) is 53.4 Å². The van der Waals surface area contributed by atoms with Crippen molar-refractivity contribution in [1.82, 2.24) is 4.98 Å².